The highest BCUT2D eigenvalue weighted by atomic mass is 16.5. The number of rotatable bonds is 3. The number of nitrogens with zero attached hydrogens (tertiary/aromatic N) is 4. The summed E-state index contributed by atoms with van der Waals surface area (Å²) in [6.45, 7) is 4.63. The third-order valence-electron chi connectivity index (χ3n) is 4.75. The molecule has 2 aliphatic rings. The molecule has 3 amide bonds. The topological polar surface area (TPSA) is 99.7 Å². The molecule has 3 rings (SSSR count). The lowest BCUT2D eigenvalue weighted by atomic mass is 10.1. The summed E-state index contributed by atoms with van der Waals surface area (Å²) in [5.74, 6) is 0.630. The molecule has 0 bridgehead atoms. The minimum Gasteiger partial charge on any atom is -0.365 e. The quantitative estimate of drug-likeness (QED) is 0.780. The van der Waals surface area contributed by atoms with E-state index in [1.165, 1.54) is 0 Å². The van der Waals surface area contributed by atoms with E-state index in [9.17, 15) is 9.59 Å². The third-order valence-corrected chi connectivity index (χ3v) is 4.75. The van der Waals surface area contributed by atoms with Crippen molar-refractivity contribution in [3.05, 3.63) is 17.8 Å². The molecular formula is C17H26N6O3. The van der Waals surface area contributed by atoms with Gasteiger partial charge in [0.25, 0.3) is 5.91 Å². The fourth-order valence-corrected chi connectivity index (χ4v) is 3.28. The van der Waals surface area contributed by atoms with Gasteiger partial charge in [0.05, 0.1) is 18.8 Å². The van der Waals surface area contributed by atoms with Crippen LogP contribution in [0.4, 0.5) is 10.6 Å². The molecule has 1 aromatic rings. The van der Waals surface area contributed by atoms with Crippen molar-refractivity contribution in [1.82, 2.24) is 25.7 Å². The maximum Gasteiger partial charge on any atom is 0.317 e. The van der Waals surface area contributed by atoms with E-state index in [1.54, 1.807) is 11.9 Å². The molecule has 0 saturated carbocycles. The number of amides is 3. The first-order valence-corrected chi connectivity index (χ1v) is 9.00. The number of likely N-dealkylation sites (N-methyl/N-ethyl adjacent to an activating group) is 1. The average molecular weight is 362 g/mol. The molecule has 2 fully saturated rings. The number of carbonyl (C=O) groups is 2. The minimum atomic E-state index is -0.606. The number of aromatic nitrogens is 2. The van der Waals surface area contributed by atoms with E-state index in [-0.39, 0.29) is 24.5 Å². The van der Waals surface area contributed by atoms with Crippen molar-refractivity contribution in [3.63, 3.8) is 0 Å². The molecule has 2 saturated heterocycles. The van der Waals surface area contributed by atoms with Gasteiger partial charge < -0.3 is 25.2 Å². The maximum absolute atomic E-state index is 12.6. The molecule has 142 valence electrons. The Hall–Kier alpha value is -2.42. The average Bonchev–Trinajstić information content (AvgIpc) is 2.68. The van der Waals surface area contributed by atoms with Crippen LogP contribution < -0.4 is 15.5 Å². The summed E-state index contributed by atoms with van der Waals surface area (Å²) in [6, 6.07) is 3.80. The number of piperidine rings is 1. The van der Waals surface area contributed by atoms with Crippen LogP contribution in [0.5, 0.6) is 0 Å². The number of carbonyl (C=O) groups excluding carboxylic acids is 2. The SMILES string of the molecule is CNC(=O)C1CN(C(=O)NC2CCCN(c3ccc(C)nn3)C2)CCO1. The number of morpholine rings is 1. The van der Waals surface area contributed by atoms with Gasteiger partial charge in [-0.2, -0.15) is 5.10 Å². The second kappa shape index (κ2) is 8.31. The smallest absolute Gasteiger partial charge is 0.317 e. The van der Waals surface area contributed by atoms with E-state index in [0.717, 1.165) is 30.9 Å². The summed E-state index contributed by atoms with van der Waals surface area (Å²) in [5.41, 5.74) is 0.883. The molecule has 0 aromatic carbocycles. The first-order valence-electron chi connectivity index (χ1n) is 9.00. The highest BCUT2D eigenvalue weighted by Crippen LogP contribution is 2.17. The zero-order valence-corrected chi connectivity index (χ0v) is 15.3. The number of anilines is 1. The van der Waals surface area contributed by atoms with E-state index in [2.05, 4.69) is 25.7 Å². The molecule has 0 radical (unpaired) electrons. The van der Waals surface area contributed by atoms with Gasteiger partial charge >= 0.3 is 6.03 Å². The molecule has 1 aromatic heterocycles. The number of aryl methyl sites for hydroxylation is 1. The van der Waals surface area contributed by atoms with Crippen molar-refractivity contribution in [3.8, 4) is 0 Å². The van der Waals surface area contributed by atoms with E-state index in [0.29, 0.717) is 19.7 Å². The Kier molecular flexibility index (Phi) is 5.87. The highest BCUT2D eigenvalue weighted by molar-refractivity contribution is 5.82. The van der Waals surface area contributed by atoms with Crippen LogP contribution in [0.2, 0.25) is 0 Å². The number of ether oxygens (including phenoxy) is 1. The van der Waals surface area contributed by atoms with Gasteiger partial charge in [-0.15, -0.1) is 5.10 Å². The van der Waals surface area contributed by atoms with Crippen LogP contribution in [0.25, 0.3) is 0 Å². The molecule has 2 unspecified atom stereocenters. The zero-order valence-electron chi connectivity index (χ0n) is 15.3. The van der Waals surface area contributed by atoms with Gasteiger partial charge in [0.1, 0.15) is 0 Å². The normalized spacial score (nSPS) is 23.5. The summed E-state index contributed by atoms with van der Waals surface area (Å²) in [4.78, 5) is 28.1. The minimum absolute atomic E-state index is 0.0423. The van der Waals surface area contributed by atoms with Crippen LogP contribution >= 0.6 is 0 Å². The van der Waals surface area contributed by atoms with Crippen molar-refractivity contribution in [2.24, 2.45) is 0 Å². The van der Waals surface area contributed by atoms with Crippen LogP contribution in [0.1, 0.15) is 18.5 Å². The molecule has 0 aliphatic carbocycles. The lowest BCUT2D eigenvalue weighted by Gasteiger charge is -2.36. The summed E-state index contributed by atoms with van der Waals surface area (Å²) in [5, 5.41) is 14.0. The van der Waals surface area contributed by atoms with Gasteiger partial charge in [0.15, 0.2) is 11.9 Å². The third kappa shape index (κ3) is 4.40. The van der Waals surface area contributed by atoms with Crippen LogP contribution in [0.3, 0.4) is 0 Å². The van der Waals surface area contributed by atoms with Gasteiger partial charge in [0.2, 0.25) is 0 Å². The van der Waals surface area contributed by atoms with Crippen LogP contribution in [-0.2, 0) is 9.53 Å². The van der Waals surface area contributed by atoms with Crippen molar-refractivity contribution >= 4 is 17.8 Å². The number of urea groups is 1. The first-order chi connectivity index (χ1) is 12.6. The molecule has 2 N–H and O–H groups in total. The highest BCUT2D eigenvalue weighted by Gasteiger charge is 2.30. The van der Waals surface area contributed by atoms with Crippen molar-refractivity contribution in [2.45, 2.75) is 31.9 Å². The second-order valence-corrected chi connectivity index (χ2v) is 6.69. The Morgan fingerprint density at radius 1 is 1.23 bits per heavy atom. The number of nitrogens with one attached hydrogen (secondary N) is 2. The van der Waals surface area contributed by atoms with Gasteiger partial charge in [-0.1, -0.05) is 0 Å². The Morgan fingerprint density at radius 3 is 2.81 bits per heavy atom. The molecular weight excluding hydrogens is 336 g/mol. The predicted molar refractivity (Wildman–Crippen MR) is 95.9 cm³/mol. The van der Waals surface area contributed by atoms with Gasteiger partial charge in [-0.25, -0.2) is 4.79 Å². The van der Waals surface area contributed by atoms with Crippen molar-refractivity contribution in [1.29, 1.82) is 0 Å². The van der Waals surface area contributed by atoms with Gasteiger partial charge in [-0.3, -0.25) is 4.79 Å². The van der Waals surface area contributed by atoms with Crippen molar-refractivity contribution in [2.75, 3.05) is 44.7 Å². The van der Waals surface area contributed by atoms with E-state index >= 15 is 0 Å². The Labute approximate surface area is 153 Å². The largest absolute Gasteiger partial charge is 0.365 e. The molecule has 3 heterocycles. The van der Waals surface area contributed by atoms with Crippen LogP contribution in [-0.4, -0.2) is 79.0 Å². The predicted octanol–water partition coefficient (Wildman–Crippen LogP) is -0.0898. The fraction of sp³-hybridized carbons (Fsp3) is 0.647. The maximum atomic E-state index is 12.6. The molecule has 2 atom stereocenters. The van der Waals surface area contributed by atoms with E-state index in [1.807, 2.05) is 19.1 Å². The molecule has 26 heavy (non-hydrogen) atoms. The second-order valence-electron chi connectivity index (χ2n) is 6.69. The zero-order chi connectivity index (χ0) is 18.5. The number of hydrogen-bond acceptors (Lipinski definition) is 6. The van der Waals surface area contributed by atoms with Crippen LogP contribution in [0.15, 0.2) is 12.1 Å². The van der Waals surface area contributed by atoms with Crippen molar-refractivity contribution < 1.29 is 14.3 Å². The lowest BCUT2D eigenvalue weighted by molar-refractivity contribution is -0.136. The van der Waals surface area contributed by atoms with Gasteiger partial charge in [-0.05, 0) is 31.9 Å². The summed E-state index contributed by atoms with van der Waals surface area (Å²) >= 11 is 0. The Bertz CT molecular complexity index is 638. The summed E-state index contributed by atoms with van der Waals surface area (Å²) < 4.78 is 5.43. The van der Waals surface area contributed by atoms with E-state index < -0.39 is 6.10 Å². The monoisotopic (exact) mass is 362 g/mol. The molecule has 0 spiro atoms. The fourth-order valence-electron chi connectivity index (χ4n) is 3.28. The molecule has 9 heteroatoms. The van der Waals surface area contributed by atoms with Crippen LogP contribution in [0, 0.1) is 6.92 Å². The Balaban J connectivity index is 1.55. The number of hydrogen-bond donors (Lipinski definition) is 2. The lowest BCUT2D eigenvalue weighted by Crippen LogP contribution is -2.57. The van der Waals surface area contributed by atoms with Gasteiger partial charge in [0, 0.05) is 32.7 Å². The summed E-state index contributed by atoms with van der Waals surface area (Å²) in [6.07, 6.45) is 1.29. The molecule has 2 aliphatic heterocycles. The summed E-state index contributed by atoms with van der Waals surface area (Å²) in [7, 11) is 1.56. The first kappa shape index (κ1) is 18.4. The van der Waals surface area contributed by atoms with E-state index in [4.69, 9.17) is 4.74 Å². The Morgan fingerprint density at radius 2 is 2.08 bits per heavy atom. The molecule has 9 nitrogen and oxygen atoms in total. The standard InChI is InChI=1S/C17H26N6O3/c1-12-5-6-15(21-20-12)22-7-3-4-13(10-22)19-17(25)23-8-9-26-14(11-23)16(24)18-2/h5-6,13-14H,3-4,7-11H2,1-2H3,(H,18,24)(H,19,25).